The fraction of sp³-hybridized carbons (Fsp3) is 0.308. The fourth-order valence-corrected chi connectivity index (χ4v) is 2.03. The lowest BCUT2D eigenvalue weighted by atomic mass is 10.1. The van der Waals surface area contributed by atoms with Crippen molar-refractivity contribution in [3.63, 3.8) is 0 Å². The Morgan fingerprint density at radius 1 is 1.35 bits per heavy atom. The minimum atomic E-state index is -0.267. The molecule has 1 heterocycles. The highest BCUT2D eigenvalue weighted by Gasteiger charge is 2.46. The van der Waals surface area contributed by atoms with E-state index in [9.17, 15) is 9.50 Å². The maximum atomic E-state index is 13.6. The van der Waals surface area contributed by atoms with Crippen LogP contribution in [-0.4, -0.2) is 21.7 Å². The topological polar surface area (TPSA) is 48.9 Å². The number of halogens is 1. The predicted molar refractivity (Wildman–Crippen MR) is 62.0 cm³/mol. The van der Waals surface area contributed by atoms with Gasteiger partial charge in [-0.25, -0.2) is 9.37 Å². The molecule has 1 aliphatic rings. The molecule has 0 bridgehead atoms. The summed E-state index contributed by atoms with van der Waals surface area (Å²) < 4.78 is 13.6. The van der Waals surface area contributed by atoms with Crippen LogP contribution >= 0.6 is 0 Å². The molecule has 0 atom stereocenters. The van der Waals surface area contributed by atoms with Gasteiger partial charge in [-0.2, -0.15) is 0 Å². The van der Waals surface area contributed by atoms with Gasteiger partial charge in [-0.1, -0.05) is 12.1 Å². The van der Waals surface area contributed by atoms with Crippen molar-refractivity contribution in [2.75, 3.05) is 6.61 Å². The lowest BCUT2D eigenvalue weighted by molar-refractivity contribution is 0.250. The number of aliphatic hydroxyl groups is 1. The highest BCUT2D eigenvalue weighted by Crippen LogP contribution is 2.46. The van der Waals surface area contributed by atoms with E-state index < -0.39 is 0 Å². The first kappa shape index (κ1) is 10.5. The maximum absolute atomic E-state index is 13.6. The summed E-state index contributed by atoms with van der Waals surface area (Å²) in [5.74, 6) is 0.495. The molecule has 1 saturated carbocycles. The van der Waals surface area contributed by atoms with Gasteiger partial charge in [0.05, 0.1) is 23.9 Å². The molecule has 1 fully saturated rings. The Kier molecular flexibility index (Phi) is 2.26. The molecule has 0 aliphatic heterocycles. The van der Waals surface area contributed by atoms with Crippen LogP contribution in [0.2, 0.25) is 0 Å². The largest absolute Gasteiger partial charge is 0.395 e. The van der Waals surface area contributed by atoms with Crippen LogP contribution in [0.3, 0.4) is 0 Å². The van der Waals surface area contributed by atoms with Gasteiger partial charge in [0.1, 0.15) is 11.6 Å². The lowest BCUT2D eigenvalue weighted by Gasteiger charge is -2.06. The minimum absolute atomic E-state index is 0.0945. The third kappa shape index (κ3) is 1.65. The van der Waals surface area contributed by atoms with Crippen molar-refractivity contribution in [3.8, 4) is 11.3 Å². The lowest BCUT2D eigenvalue weighted by Crippen LogP contribution is -2.13. The van der Waals surface area contributed by atoms with Gasteiger partial charge in [0.2, 0.25) is 0 Å². The van der Waals surface area contributed by atoms with Gasteiger partial charge in [0.25, 0.3) is 0 Å². The molecule has 1 aromatic carbocycles. The molecule has 17 heavy (non-hydrogen) atoms. The van der Waals surface area contributed by atoms with Gasteiger partial charge in [-0.3, -0.25) is 0 Å². The van der Waals surface area contributed by atoms with Crippen molar-refractivity contribution in [2.45, 2.75) is 18.3 Å². The van der Waals surface area contributed by atoms with Crippen LogP contribution in [0.5, 0.6) is 0 Å². The van der Waals surface area contributed by atoms with E-state index in [1.54, 1.807) is 24.4 Å². The number of nitrogens with zero attached hydrogens (tertiary/aromatic N) is 1. The van der Waals surface area contributed by atoms with Gasteiger partial charge in [-0.15, -0.1) is 0 Å². The van der Waals surface area contributed by atoms with Gasteiger partial charge in [0, 0.05) is 5.56 Å². The summed E-state index contributed by atoms with van der Waals surface area (Å²) in [7, 11) is 0. The van der Waals surface area contributed by atoms with E-state index in [1.807, 2.05) is 0 Å². The predicted octanol–water partition coefficient (Wildman–Crippen LogP) is 2.24. The minimum Gasteiger partial charge on any atom is -0.395 e. The van der Waals surface area contributed by atoms with Crippen LogP contribution in [0.4, 0.5) is 4.39 Å². The SMILES string of the molecule is OCC1(c2ncc(-c3ccccc3F)[nH]2)CC1. The molecular formula is C13H13FN2O. The molecule has 0 radical (unpaired) electrons. The third-order valence-electron chi connectivity index (χ3n) is 3.40. The molecular weight excluding hydrogens is 219 g/mol. The van der Waals surface area contributed by atoms with Crippen LogP contribution in [-0.2, 0) is 5.41 Å². The van der Waals surface area contributed by atoms with E-state index in [4.69, 9.17) is 0 Å². The molecule has 4 heteroatoms. The Morgan fingerprint density at radius 3 is 2.76 bits per heavy atom. The summed E-state index contributed by atoms with van der Waals surface area (Å²) >= 11 is 0. The second kappa shape index (κ2) is 3.67. The molecule has 0 unspecified atom stereocenters. The van der Waals surface area contributed by atoms with Crippen molar-refractivity contribution in [3.05, 3.63) is 42.1 Å². The van der Waals surface area contributed by atoms with E-state index in [2.05, 4.69) is 9.97 Å². The van der Waals surface area contributed by atoms with E-state index in [0.717, 1.165) is 18.7 Å². The number of aliphatic hydroxyl groups excluding tert-OH is 1. The van der Waals surface area contributed by atoms with Gasteiger partial charge in [-0.05, 0) is 25.0 Å². The summed E-state index contributed by atoms with van der Waals surface area (Å²) in [6.45, 7) is 0.0945. The number of nitrogens with one attached hydrogen (secondary N) is 1. The van der Waals surface area contributed by atoms with E-state index in [1.165, 1.54) is 6.07 Å². The average Bonchev–Trinajstić information content (AvgIpc) is 3.00. The number of H-pyrrole nitrogens is 1. The Hall–Kier alpha value is -1.68. The van der Waals surface area contributed by atoms with Crippen LogP contribution < -0.4 is 0 Å². The number of benzene rings is 1. The van der Waals surface area contributed by atoms with Crippen molar-refractivity contribution < 1.29 is 9.50 Å². The molecule has 1 aliphatic carbocycles. The standard InChI is InChI=1S/C13H13FN2O/c14-10-4-2-1-3-9(10)11-7-15-12(16-11)13(8-17)5-6-13/h1-4,7,17H,5-6,8H2,(H,15,16). The molecule has 2 N–H and O–H groups in total. The third-order valence-corrected chi connectivity index (χ3v) is 3.40. The number of hydrogen-bond acceptors (Lipinski definition) is 2. The Balaban J connectivity index is 1.99. The zero-order valence-corrected chi connectivity index (χ0v) is 9.28. The zero-order chi connectivity index (χ0) is 11.9. The summed E-state index contributed by atoms with van der Waals surface area (Å²) in [4.78, 5) is 7.37. The normalized spacial score (nSPS) is 17.1. The number of aromatic amines is 1. The summed E-state index contributed by atoms with van der Waals surface area (Å²) in [5.41, 5.74) is 0.974. The van der Waals surface area contributed by atoms with Gasteiger partial charge < -0.3 is 10.1 Å². The monoisotopic (exact) mass is 232 g/mol. The van der Waals surface area contributed by atoms with Crippen molar-refractivity contribution >= 4 is 0 Å². The van der Waals surface area contributed by atoms with E-state index in [-0.39, 0.29) is 17.8 Å². The first-order chi connectivity index (χ1) is 8.25. The quantitative estimate of drug-likeness (QED) is 0.852. The maximum Gasteiger partial charge on any atom is 0.132 e. The Bertz CT molecular complexity index is 546. The second-order valence-corrected chi connectivity index (χ2v) is 4.56. The number of rotatable bonds is 3. The summed E-state index contributed by atoms with van der Waals surface area (Å²) in [6.07, 6.45) is 3.50. The fourth-order valence-electron chi connectivity index (χ4n) is 2.03. The number of aromatic nitrogens is 2. The molecule has 2 aromatic rings. The van der Waals surface area contributed by atoms with Crippen LogP contribution in [0.1, 0.15) is 18.7 Å². The first-order valence-electron chi connectivity index (χ1n) is 5.66. The Labute approximate surface area is 98.3 Å². The van der Waals surface area contributed by atoms with Crippen LogP contribution in [0.15, 0.2) is 30.5 Å². The smallest absolute Gasteiger partial charge is 0.132 e. The molecule has 0 amide bonds. The van der Waals surface area contributed by atoms with Crippen LogP contribution in [0.25, 0.3) is 11.3 Å². The van der Waals surface area contributed by atoms with E-state index >= 15 is 0 Å². The second-order valence-electron chi connectivity index (χ2n) is 4.56. The summed E-state index contributed by atoms with van der Waals surface area (Å²) in [5, 5.41) is 9.31. The highest BCUT2D eigenvalue weighted by atomic mass is 19.1. The van der Waals surface area contributed by atoms with Gasteiger partial charge in [0.15, 0.2) is 0 Å². The first-order valence-corrected chi connectivity index (χ1v) is 5.66. The molecule has 3 nitrogen and oxygen atoms in total. The number of imidazole rings is 1. The zero-order valence-electron chi connectivity index (χ0n) is 9.28. The molecule has 3 rings (SSSR count). The average molecular weight is 232 g/mol. The molecule has 0 spiro atoms. The molecule has 88 valence electrons. The molecule has 1 aromatic heterocycles. The Morgan fingerprint density at radius 2 is 2.12 bits per heavy atom. The number of hydrogen-bond donors (Lipinski definition) is 2. The summed E-state index contributed by atoms with van der Waals surface area (Å²) in [6, 6.07) is 6.59. The van der Waals surface area contributed by atoms with Crippen molar-refractivity contribution in [1.82, 2.24) is 9.97 Å². The molecule has 0 saturated heterocycles. The van der Waals surface area contributed by atoms with Crippen molar-refractivity contribution in [2.24, 2.45) is 0 Å². The van der Waals surface area contributed by atoms with Crippen molar-refractivity contribution in [1.29, 1.82) is 0 Å². The van der Waals surface area contributed by atoms with E-state index in [0.29, 0.717) is 11.3 Å². The highest BCUT2D eigenvalue weighted by molar-refractivity contribution is 5.59. The van der Waals surface area contributed by atoms with Gasteiger partial charge >= 0.3 is 0 Å². The van der Waals surface area contributed by atoms with Crippen LogP contribution in [0, 0.1) is 5.82 Å².